The lowest BCUT2D eigenvalue weighted by atomic mass is 9.96. The van der Waals surface area contributed by atoms with Crippen molar-refractivity contribution >= 4 is 11.7 Å². The first-order chi connectivity index (χ1) is 9.83. The van der Waals surface area contributed by atoms with Gasteiger partial charge in [0, 0.05) is 19.3 Å². The summed E-state index contributed by atoms with van der Waals surface area (Å²) in [5, 5.41) is 12.8. The fourth-order valence-corrected chi connectivity index (χ4v) is 2.73. The maximum atomic E-state index is 12.3. The molecule has 0 spiro atoms. The number of carbonyl (C=O) groups is 1. The number of pyridine rings is 1. The van der Waals surface area contributed by atoms with E-state index < -0.39 is 5.60 Å². The van der Waals surface area contributed by atoms with Crippen LogP contribution in [0.4, 0.5) is 5.82 Å². The lowest BCUT2D eigenvalue weighted by Gasteiger charge is -2.35. The summed E-state index contributed by atoms with van der Waals surface area (Å²) >= 11 is 0. The van der Waals surface area contributed by atoms with Crippen LogP contribution in [0, 0.1) is 12.8 Å². The Hall–Kier alpha value is -1.46. The molecule has 0 radical (unpaired) electrons. The van der Waals surface area contributed by atoms with Crippen molar-refractivity contribution in [3.8, 4) is 0 Å². The van der Waals surface area contributed by atoms with Crippen LogP contribution < -0.4 is 5.32 Å². The molecule has 1 atom stereocenters. The molecule has 1 saturated heterocycles. The molecule has 21 heavy (non-hydrogen) atoms. The zero-order valence-electron chi connectivity index (χ0n) is 13.1. The number of amides is 1. The van der Waals surface area contributed by atoms with Crippen molar-refractivity contribution in [3.63, 3.8) is 0 Å². The number of hydrogen-bond donors (Lipinski definition) is 2. The largest absolute Gasteiger partial charge is 0.389 e. The van der Waals surface area contributed by atoms with Crippen LogP contribution in [0.15, 0.2) is 18.3 Å². The fourth-order valence-electron chi connectivity index (χ4n) is 2.73. The second-order valence-corrected chi connectivity index (χ2v) is 6.60. The van der Waals surface area contributed by atoms with Crippen LogP contribution in [-0.2, 0) is 4.79 Å². The van der Waals surface area contributed by atoms with E-state index >= 15 is 0 Å². The number of nitrogens with zero attached hydrogens (tertiary/aromatic N) is 2. The van der Waals surface area contributed by atoms with Crippen molar-refractivity contribution in [3.05, 3.63) is 23.9 Å². The SMILES string of the molecule is Cc1ccc(NC(=O)C2CCCN(CC(C)(C)O)C2)nc1. The summed E-state index contributed by atoms with van der Waals surface area (Å²) in [6.07, 6.45) is 3.62. The second-order valence-electron chi connectivity index (χ2n) is 6.60. The van der Waals surface area contributed by atoms with Crippen LogP contribution in [0.2, 0.25) is 0 Å². The topological polar surface area (TPSA) is 65.5 Å². The Morgan fingerprint density at radius 1 is 1.52 bits per heavy atom. The van der Waals surface area contributed by atoms with Crippen molar-refractivity contribution < 1.29 is 9.90 Å². The fraction of sp³-hybridized carbons (Fsp3) is 0.625. The molecule has 2 N–H and O–H groups in total. The molecule has 1 aromatic rings. The van der Waals surface area contributed by atoms with E-state index in [9.17, 15) is 9.90 Å². The molecule has 0 aromatic carbocycles. The van der Waals surface area contributed by atoms with Crippen molar-refractivity contribution in [1.82, 2.24) is 9.88 Å². The van der Waals surface area contributed by atoms with E-state index in [1.165, 1.54) is 0 Å². The first-order valence-corrected chi connectivity index (χ1v) is 7.52. The number of aliphatic hydroxyl groups is 1. The Morgan fingerprint density at radius 3 is 2.90 bits per heavy atom. The minimum absolute atomic E-state index is 0.0202. The van der Waals surface area contributed by atoms with Gasteiger partial charge < -0.3 is 10.4 Å². The predicted octanol–water partition coefficient (Wildman–Crippen LogP) is 1.81. The molecule has 5 nitrogen and oxygen atoms in total. The van der Waals surface area contributed by atoms with E-state index in [2.05, 4.69) is 15.2 Å². The molecule has 5 heteroatoms. The quantitative estimate of drug-likeness (QED) is 0.888. The molecule has 1 aliphatic rings. The van der Waals surface area contributed by atoms with Crippen LogP contribution in [0.1, 0.15) is 32.3 Å². The Bertz CT molecular complexity index is 479. The number of hydrogen-bond acceptors (Lipinski definition) is 4. The van der Waals surface area contributed by atoms with Gasteiger partial charge in [0.05, 0.1) is 11.5 Å². The normalized spacial score (nSPS) is 20.3. The second kappa shape index (κ2) is 6.54. The van der Waals surface area contributed by atoms with Gasteiger partial charge in [-0.1, -0.05) is 6.07 Å². The van der Waals surface area contributed by atoms with Crippen LogP contribution in [0.25, 0.3) is 0 Å². The molecule has 1 aromatic heterocycles. The van der Waals surface area contributed by atoms with E-state index in [0.29, 0.717) is 18.9 Å². The molecule has 116 valence electrons. The number of likely N-dealkylation sites (tertiary alicyclic amines) is 1. The molecule has 0 bridgehead atoms. The minimum Gasteiger partial charge on any atom is -0.389 e. The summed E-state index contributed by atoms with van der Waals surface area (Å²) in [7, 11) is 0. The van der Waals surface area contributed by atoms with Gasteiger partial charge in [-0.2, -0.15) is 0 Å². The highest BCUT2D eigenvalue weighted by atomic mass is 16.3. The maximum Gasteiger partial charge on any atom is 0.229 e. The highest BCUT2D eigenvalue weighted by Gasteiger charge is 2.28. The van der Waals surface area contributed by atoms with Gasteiger partial charge >= 0.3 is 0 Å². The van der Waals surface area contributed by atoms with E-state index in [-0.39, 0.29) is 11.8 Å². The summed E-state index contributed by atoms with van der Waals surface area (Å²) in [6.45, 7) is 7.80. The Balaban J connectivity index is 1.91. The summed E-state index contributed by atoms with van der Waals surface area (Å²) in [5.41, 5.74) is 0.346. The number of β-amino-alcohol motifs (C(OH)–C–C–N with tert-alkyl or cyclic N) is 1. The number of carbonyl (C=O) groups excluding carboxylic acids is 1. The maximum absolute atomic E-state index is 12.3. The third kappa shape index (κ3) is 5.10. The number of piperidine rings is 1. The minimum atomic E-state index is -0.725. The smallest absolute Gasteiger partial charge is 0.229 e. The van der Waals surface area contributed by atoms with Gasteiger partial charge in [-0.25, -0.2) is 4.98 Å². The van der Waals surface area contributed by atoms with Gasteiger partial charge in [0.2, 0.25) is 5.91 Å². The van der Waals surface area contributed by atoms with Crippen molar-refractivity contribution in [2.24, 2.45) is 5.92 Å². The molecule has 1 unspecified atom stereocenters. The number of aromatic nitrogens is 1. The van der Waals surface area contributed by atoms with Crippen LogP contribution in [0.3, 0.4) is 0 Å². The highest BCUT2D eigenvalue weighted by Crippen LogP contribution is 2.20. The van der Waals surface area contributed by atoms with Crippen molar-refractivity contribution in [2.45, 2.75) is 39.2 Å². The van der Waals surface area contributed by atoms with Gasteiger partial charge in [0.1, 0.15) is 5.82 Å². The summed E-state index contributed by atoms with van der Waals surface area (Å²) in [6, 6.07) is 3.76. The first kappa shape index (κ1) is 15.9. The highest BCUT2D eigenvalue weighted by molar-refractivity contribution is 5.91. The molecule has 1 fully saturated rings. The van der Waals surface area contributed by atoms with E-state index in [0.717, 1.165) is 24.9 Å². The van der Waals surface area contributed by atoms with Gasteiger partial charge in [0.15, 0.2) is 0 Å². The standard InChI is InChI=1S/C16H25N3O2/c1-12-6-7-14(17-9-12)18-15(20)13-5-4-8-19(10-13)11-16(2,3)21/h6-7,9,13,21H,4-5,8,10-11H2,1-3H3,(H,17,18,20). The predicted molar refractivity (Wildman–Crippen MR) is 83.1 cm³/mol. The average molecular weight is 291 g/mol. The molecule has 1 amide bonds. The van der Waals surface area contributed by atoms with E-state index in [1.54, 1.807) is 20.0 Å². The zero-order chi connectivity index (χ0) is 15.5. The van der Waals surface area contributed by atoms with Crippen molar-refractivity contribution in [1.29, 1.82) is 0 Å². The van der Waals surface area contributed by atoms with Crippen LogP contribution in [-0.4, -0.2) is 46.1 Å². The molecule has 2 rings (SSSR count). The lowest BCUT2D eigenvalue weighted by molar-refractivity contribution is -0.122. The van der Waals surface area contributed by atoms with Gasteiger partial charge in [-0.05, 0) is 51.8 Å². The monoisotopic (exact) mass is 291 g/mol. The van der Waals surface area contributed by atoms with E-state index in [4.69, 9.17) is 0 Å². The zero-order valence-corrected chi connectivity index (χ0v) is 13.1. The van der Waals surface area contributed by atoms with Crippen LogP contribution >= 0.6 is 0 Å². The number of rotatable bonds is 4. The number of aryl methyl sites for hydroxylation is 1. The summed E-state index contributed by atoms with van der Waals surface area (Å²) in [5.74, 6) is 0.584. The van der Waals surface area contributed by atoms with Gasteiger partial charge in [-0.15, -0.1) is 0 Å². The molecule has 0 saturated carbocycles. The van der Waals surface area contributed by atoms with Gasteiger partial charge in [0.25, 0.3) is 0 Å². The first-order valence-electron chi connectivity index (χ1n) is 7.52. The van der Waals surface area contributed by atoms with Gasteiger partial charge in [-0.3, -0.25) is 9.69 Å². The third-order valence-electron chi connectivity index (χ3n) is 3.65. The summed E-state index contributed by atoms with van der Waals surface area (Å²) in [4.78, 5) is 18.7. The molecule has 0 aliphatic carbocycles. The average Bonchev–Trinajstić information content (AvgIpc) is 2.40. The van der Waals surface area contributed by atoms with E-state index in [1.807, 2.05) is 19.1 Å². The number of anilines is 1. The molecular weight excluding hydrogens is 266 g/mol. The molecule has 2 heterocycles. The molecule has 1 aliphatic heterocycles. The third-order valence-corrected chi connectivity index (χ3v) is 3.65. The Morgan fingerprint density at radius 2 is 2.29 bits per heavy atom. The summed E-state index contributed by atoms with van der Waals surface area (Å²) < 4.78 is 0. The molecular formula is C16H25N3O2. The number of nitrogens with one attached hydrogen (secondary N) is 1. The Labute approximate surface area is 126 Å². The van der Waals surface area contributed by atoms with Crippen LogP contribution in [0.5, 0.6) is 0 Å². The lowest BCUT2D eigenvalue weighted by Crippen LogP contribution is -2.46. The Kier molecular flexibility index (Phi) is 4.96. The van der Waals surface area contributed by atoms with Crippen molar-refractivity contribution in [2.75, 3.05) is 25.0 Å².